The van der Waals surface area contributed by atoms with E-state index in [0.717, 1.165) is 10.9 Å². The Kier molecular flexibility index (Phi) is 2.68. The van der Waals surface area contributed by atoms with E-state index < -0.39 is 0 Å². The van der Waals surface area contributed by atoms with Gasteiger partial charge in [0, 0.05) is 29.1 Å². The highest BCUT2D eigenvalue weighted by molar-refractivity contribution is 14.1. The molecule has 0 aliphatic carbocycles. The molecule has 2 aromatic rings. The van der Waals surface area contributed by atoms with Gasteiger partial charge in [-0.05, 0) is 46.9 Å². The Morgan fingerprint density at radius 3 is 2.60 bits per heavy atom. The van der Waals surface area contributed by atoms with Crippen molar-refractivity contribution >= 4 is 33.5 Å². The number of rotatable bonds is 1. The zero-order chi connectivity index (χ0) is 11.0. The lowest BCUT2D eigenvalue weighted by Crippen LogP contribution is -2.35. The average molecular weight is 314 g/mol. The van der Waals surface area contributed by atoms with Crippen molar-refractivity contribution in [3.05, 3.63) is 44.3 Å². The highest BCUT2D eigenvalue weighted by Gasteiger charge is 2.04. The predicted octanol–water partition coefficient (Wildman–Crippen LogP) is 1.80. The molecule has 0 radical (unpaired) electrons. The standard InChI is InChI=1S/C11H11IN2O/c1-13(2)14-10-5-4-9(12)7-8(10)3-6-11(14)15/h3-7H,1-2H3. The highest BCUT2D eigenvalue weighted by Crippen LogP contribution is 2.15. The first-order valence-electron chi connectivity index (χ1n) is 4.58. The average Bonchev–Trinajstić information content (AvgIpc) is 2.17. The van der Waals surface area contributed by atoms with E-state index in [-0.39, 0.29) is 5.56 Å². The van der Waals surface area contributed by atoms with E-state index in [1.807, 2.05) is 32.3 Å². The van der Waals surface area contributed by atoms with Crippen LogP contribution in [0.5, 0.6) is 0 Å². The Balaban J connectivity index is 2.88. The third kappa shape index (κ3) is 1.86. The molecule has 0 aliphatic heterocycles. The summed E-state index contributed by atoms with van der Waals surface area (Å²) >= 11 is 2.26. The number of hydrogen-bond acceptors (Lipinski definition) is 2. The fourth-order valence-electron chi connectivity index (χ4n) is 1.61. The van der Waals surface area contributed by atoms with Crippen LogP contribution in [0.2, 0.25) is 0 Å². The van der Waals surface area contributed by atoms with Crippen LogP contribution in [0.15, 0.2) is 35.1 Å². The molecule has 4 heteroatoms. The van der Waals surface area contributed by atoms with E-state index in [1.54, 1.807) is 15.8 Å². The second-order valence-corrected chi connectivity index (χ2v) is 4.78. The van der Waals surface area contributed by atoms with Gasteiger partial charge in [0.05, 0.1) is 5.52 Å². The van der Waals surface area contributed by atoms with Gasteiger partial charge in [-0.1, -0.05) is 0 Å². The molecule has 0 amide bonds. The van der Waals surface area contributed by atoms with Gasteiger partial charge in [-0.25, -0.2) is 4.68 Å². The maximum absolute atomic E-state index is 11.7. The summed E-state index contributed by atoms with van der Waals surface area (Å²) in [7, 11) is 3.72. The van der Waals surface area contributed by atoms with Crippen molar-refractivity contribution in [1.29, 1.82) is 0 Å². The van der Waals surface area contributed by atoms with Crippen molar-refractivity contribution in [2.24, 2.45) is 0 Å². The van der Waals surface area contributed by atoms with Crippen molar-refractivity contribution in [2.75, 3.05) is 19.1 Å². The summed E-state index contributed by atoms with van der Waals surface area (Å²) in [5.74, 6) is 0. The largest absolute Gasteiger partial charge is 0.316 e. The minimum absolute atomic E-state index is 0.00583. The predicted molar refractivity (Wildman–Crippen MR) is 71.0 cm³/mol. The SMILES string of the molecule is CN(C)n1c(=O)ccc2cc(I)ccc21. The number of hydrogen-bond donors (Lipinski definition) is 0. The van der Waals surface area contributed by atoms with Crippen molar-refractivity contribution in [1.82, 2.24) is 4.68 Å². The van der Waals surface area contributed by atoms with E-state index in [9.17, 15) is 4.79 Å². The van der Waals surface area contributed by atoms with E-state index in [2.05, 4.69) is 28.7 Å². The molecule has 15 heavy (non-hydrogen) atoms. The van der Waals surface area contributed by atoms with Gasteiger partial charge in [0.25, 0.3) is 5.56 Å². The molecule has 0 N–H and O–H groups in total. The normalized spacial score (nSPS) is 10.6. The lowest BCUT2D eigenvalue weighted by atomic mass is 10.2. The van der Waals surface area contributed by atoms with Gasteiger partial charge in [-0.15, -0.1) is 0 Å². The van der Waals surface area contributed by atoms with Crippen molar-refractivity contribution < 1.29 is 0 Å². The summed E-state index contributed by atoms with van der Waals surface area (Å²) in [6.45, 7) is 0. The second kappa shape index (κ2) is 3.84. The molecule has 2 rings (SSSR count). The number of benzene rings is 1. The number of aromatic nitrogens is 1. The van der Waals surface area contributed by atoms with E-state index >= 15 is 0 Å². The van der Waals surface area contributed by atoms with Crippen LogP contribution in [-0.4, -0.2) is 18.8 Å². The molecule has 3 nitrogen and oxygen atoms in total. The molecule has 1 aromatic heterocycles. The Labute approximate surface area is 101 Å². The highest BCUT2D eigenvalue weighted by atomic mass is 127. The molecule has 78 valence electrons. The maximum atomic E-state index is 11.7. The summed E-state index contributed by atoms with van der Waals surface area (Å²) in [6.07, 6.45) is 0. The Hall–Kier alpha value is -1.04. The van der Waals surface area contributed by atoms with Crippen molar-refractivity contribution in [2.45, 2.75) is 0 Å². The molecule has 0 spiro atoms. The van der Waals surface area contributed by atoms with Crippen LogP contribution < -0.4 is 10.6 Å². The van der Waals surface area contributed by atoms with Gasteiger partial charge in [0.1, 0.15) is 0 Å². The minimum Gasteiger partial charge on any atom is -0.316 e. The van der Waals surface area contributed by atoms with Crippen molar-refractivity contribution in [3.8, 4) is 0 Å². The number of nitrogens with zero attached hydrogens (tertiary/aromatic N) is 2. The third-order valence-electron chi connectivity index (χ3n) is 2.23. The zero-order valence-corrected chi connectivity index (χ0v) is 10.7. The summed E-state index contributed by atoms with van der Waals surface area (Å²) < 4.78 is 2.83. The van der Waals surface area contributed by atoms with Crippen LogP contribution >= 0.6 is 22.6 Å². The summed E-state index contributed by atoms with van der Waals surface area (Å²) in [6, 6.07) is 9.49. The topological polar surface area (TPSA) is 25.2 Å². The van der Waals surface area contributed by atoms with Gasteiger partial charge in [0.2, 0.25) is 0 Å². The molecule has 0 bridgehead atoms. The number of halogens is 1. The smallest absolute Gasteiger partial charge is 0.269 e. The minimum atomic E-state index is -0.00583. The molecule has 1 aromatic carbocycles. The second-order valence-electron chi connectivity index (χ2n) is 3.53. The number of pyridine rings is 1. The Bertz CT molecular complexity index is 560. The number of fused-ring (bicyclic) bond motifs is 1. The summed E-state index contributed by atoms with van der Waals surface area (Å²) in [4.78, 5) is 11.7. The molecule has 0 saturated heterocycles. The lowest BCUT2D eigenvalue weighted by molar-refractivity contribution is 0.729. The monoisotopic (exact) mass is 314 g/mol. The molecule has 0 atom stereocenters. The lowest BCUT2D eigenvalue weighted by Gasteiger charge is -2.18. The molecule has 0 unspecified atom stereocenters. The Morgan fingerprint density at radius 1 is 1.20 bits per heavy atom. The first-order chi connectivity index (χ1) is 7.09. The quantitative estimate of drug-likeness (QED) is 0.750. The first kappa shape index (κ1) is 10.5. The van der Waals surface area contributed by atoms with E-state index in [1.165, 1.54) is 3.57 Å². The summed E-state index contributed by atoms with van der Waals surface area (Å²) in [5, 5.41) is 2.87. The first-order valence-corrected chi connectivity index (χ1v) is 5.66. The fraction of sp³-hybridized carbons (Fsp3) is 0.182. The van der Waals surface area contributed by atoms with Gasteiger partial charge < -0.3 is 5.01 Å². The molecular weight excluding hydrogens is 303 g/mol. The summed E-state index contributed by atoms with van der Waals surface area (Å²) in [5.41, 5.74) is 0.932. The van der Waals surface area contributed by atoms with Crippen molar-refractivity contribution in [3.63, 3.8) is 0 Å². The van der Waals surface area contributed by atoms with Gasteiger partial charge >= 0.3 is 0 Å². The van der Waals surface area contributed by atoms with Crippen LogP contribution in [0.4, 0.5) is 0 Å². The molecule has 0 fully saturated rings. The van der Waals surface area contributed by atoms with Gasteiger partial charge in [-0.3, -0.25) is 4.79 Å². The van der Waals surface area contributed by atoms with Crippen LogP contribution in [0.1, 0.15) is 0 Å². The van der Waals surface area contributed by atoms with Gasteiger partial charge in [-0.2, -0.15) is 0 Å². The molecule has 0 aliphatic rings. The van der Waals surface area contributed by atoms with E-state index in [4.69, 9.17) is 0 Å². The molecular formula is C11H11IN2O. The molecule has 0 saturated carbocycles. The van der Waals surface area contributed by atoms with E-state index in [0.29, 0.717) is 0 Å². The molecule has 1 heterocycles. The van der Waals surface area contributed by atoms with Gasteiger partial charge in [0.15, 0.2) is 0 Å². The van der Waals surface area contributed by atoms with Crippen LogP contribution in [-0.2, 0) is 0 Å². The third-order valence-corrected chi connectivity index (χ3v) is 2.90. The van der Waals surface area contributed by atoms with Crippen LogP contribution in [0.25, 0.3) is 10.9 Å². The fourth-order valence-corrected chi connectivity index (χ4v) is 2.13. The van der Waals surface area contributed by atoms with Crippen LogP contribution in [0.3, 0.4) is 0 Å². The maximum Gasteiger partial charge on any atom is 0.269 e. The Morgan fingerprint density at radius 2 is 1.93 bits per heavy atom. The zero-order valence-electron chi connectivity index (χ0n) is 8.57. The van der Waals surface area contributed by atoms with Crippen LogP contribution in [0, 0.1) is 3.57 Å².